The number of nitrogens with zero attached hydrogens (tertiary/aromatic N) is 1. The van der Waals surface area contributed by atoms with Gasteiger partial charge in [0.15, 0.2) is 0 Å². The van der Waals surface area contributed by atoms with Crippen molar-refractivity contribution in [2.24, 2.45) is 0 Å². The van der Waals surface area contributed by atoms with E-state index in [1.54, 1.807) is 6.20 Å². The van der Waals surface area contributed by atoms with E-state index in [0.29, 0.717) is 5.69 Å². The molecule has 0 unspecified atom stereocenters. The van der Waals surface area contributed by atoms with Gasteiger partial charge in [-0.3, -0.25) is 4.98 Å². The van der Waals surface area contributed by atoms with Crippen molar-refractivity contribution in [1.82, 2.24) is 4.98 Å². The Morgan fingerprint density at radius 1 is 1.05 bits per heavy atom. The summed E-state index contributed by atoms with van der Waals surface area (Å²) in [5.74, 6) is 1.56. The highest BCUT2D eigenvalue weighted by Crippen LogP contribution is 2.31. The summed E-state index contributed by atoms with van der Waals surface area (Å²) in [5.41, 5.74) is 8.30. The first-order chi connectivity index (χ1) is 9.78. The quantitative estimate of drug-likeness (QED) is 0.758. The molecule has 0 spiro atoms. The van der Waals surface area contributed by atoms with Crippen LogP contribution in [0.15, 0.2) is 54.7 Å². The second-order valence-electron chi connectivity index (χ2n) is 4.43. The predicted molar refractivity (Wildman–Crippen MR) is 82.2 cm³/mol. The average molecular weight is 265 g/mol. The lowest BCUT2D eigenvalue weighted by Gasteiger charge is -2.11. The van der Waals surface area contributed by atoms with Crippen LogP contribution in [-0.2, 0) is 0 Å². The van der Waals surface area contributed by atoms with E-state index in [1.807, 2.05) is 55.6 Å². The van der Waals surface area contributed by atoms with Gasteiger partial charge in [-0.15, -0.1) is 0 Å². The third kappa shape index (κ3) is 2.23. The van der Waals surface area contributed by atoms with Crippen LogP contribution in [0.3, 0.4) is 0 Å². The van der Waals surface area contributed by atoms with Gasteiger partial charge >= 0.3 is 0 Å². The first-order valence-electron chi connectivity index (χ1n) is 6.37. The number of fused-ring (bicyclic) bond motifs is 1. The maximum Gasteiger partial charge on any atom is 0.128 e. The summed E-state index contributed by atoms with van der Waals surface area (Å²) in [6.45, 7) is 0. The third-order valence-electron chi connectivity index (χ3n) is 3.10. The molecule has 4 nitrogen and oxygen atoms in total. The molecule has 0 atom stereocenters. The van der Waals surface area contributed by atoms with E-state index in [2.05, 4.69) is 10.3 Å². The van der Waals surface area contributed by atoms with E-state index in [4.69, 9.17) is 10.5 Å². The van der Waals surface area contributed by atoms with Gasteiger partial charge in [-0.1, -0.05) is 18.2 Å². The summed E-state index contributed by atoms with van der Waals surface area (Å²) in [4.78, 5) is 4.32. The molecular weight excluding hydrogens is 250 g/mol. The van der Waals surface area contributed by atoms with Crippen LogP contribution in [0.5, 0.6) is 11.5 Å². The second-order valence-corrected chi connectivity index (χ2v) is 4.43. The minimum atomic E-state index is 0.622. The van der Waals surface area contributed by atoms with E-state index in [0.717, 1.165) is 28.1 Å². The molecule has 0 fully saturated rings. The van der Waals surface area contributed by atoms with Crippen molar-refractivity contribution < 1.29 is 4.74 Å². The molecule has 3 rings (SSSR count). The standard InChI is InChI=1S/C16H15N3O/c1-18-16-13-9-12(20-11-5-3-2-4-6-11)7-8-15(13)19-10-14(16)17/h2-10H,17H2,1H3,(H,18,19). The third-order valence-corrected chi connectivity index (χ3v) is 3.10. The van der Waals surface area contributed by atoms with Crippen molar-refractivity contribution in [2.75, 3.05) is 18.1 Å². The number of anilines is 2. The van der Waals surface area contributed by atoms with Crippen LogP contribution in [0.4, 0.5) is 11.4 Å². The number of nitrogens with two attached hydrogens (primary N) is 1. The van der Waals surface area contributed by atoms with E-state index < -0.39 is 0 Å². The van der Waals surface area contributed by atoms with Gasteiger partial charge in [-0.2, -0.15) is 0 Å². The fourth-order valence-electron chi connectivity index (χ4n) is 2.15. The summed E-state index contributed by atoms with van der Waals surface area (Å²) in [6, 6.07) is 15.4. The largest absolute Gasteiger partial charge is 0.457 e. The molecule has 2 aromatic carbocycles. The number of hydrogen-bond donors (Lipinski definition) is 2. The van der Waals surface area contributed by atoms with Crippen LogP contribution in [-0.4, -0.2) is 12.0 Å². The van der Waals surface area contributed by atoms with Gasteiger partial charge in [0.1, 0.15) is 11.5 Å². The number of pyridine rings is 1. The Morgan fingerprint density at radius 2 is 1.85 bits per heavy atom. The van der Waals surface area contributed by atoms with E-state index in [1.165, 1.54) is 0 Å². The number of hydrogen-bond acceptors (Lipinski definition) is 4. The van der Waals surface area contributed by atoms with E-state index in [-0.39, 0.29) is 0 Å². The zero-order chi connectivity index (χ0) is 13.9. The number of nitrogen functional groups attached to an aromatic ring is 1. The first-order valence-corrected chi connectivity index (χ1v) is 6.37. The SMILES string of the molecule is CNc1c(N)cnc2ccc(Oc3ccccc3)cc12. The number of nitrogens with one attached hydrogen (secondary N) is 1. The summed E-state index contributed by atoms with van der Waals surface area (Å²) in [7, 11) is 1.84. The number of aromatic nitrogens is 1. The summed E-state index contributed by atoms with van der Waals surface area (Å²) in [5, 5.41) is 4.05. The van der Waals surface area contributed by atoms with Gasteiger partial charge in [-0.05, 0) is 30.3 Å². The monoisotopic (exact) mass is 265 g/mol. The lowest BCUT2D eigenvalue weighted by molar-refractivity contribution is 0.483. The average Bonchev–Trinajstić information content (AvgIpc) is 2.48. The highest BCUT2D eigenvalue weighted by Gasteiger charge is 2.07. The van der Waals surface area contributed by atoms with Crippen LogP contribution in [0.2, 0.25) is 0 Å². The van der Waals surface area contributed by atoms with Gasteiger partial charge in [0, 0.05) is 12.4 Å². The summed E-state index contributed by atoms with van der Waals surface area (Å²) in [6.07, 6.45) is 1.66. The molecule has 0 bridgehead atoms. The molecule has 1 aromatic heterocycles. The van der Waals surface area contributed by atoms with Crippen LogP contribution in [0.1, 0.15) is 0 Å². The summed E-state index contributed by atoms with van der Waals surface area (Å²) >= 11 is 0. The van der Waals surface area contributed by atoms with Gasteiger partial charge in [0.2, 0.25) is 0 Å². The summed E-state index contributed by atoms with van der Waals surface area (Å²) < 4.78 is 5.83. The fraction of sp³-hybridized carbons (Fsp3) is 0.0625. The Kier molecular flexibility index (Phi) is 3.13. The first kappa shape index (κ1) is 12.3. The van der Waals surface area contributed by atoms with Crippen molar-refractivity contribution in [2.45, 2.75) is 0 Å². The number of rotatable bonds is 3. The smallest absolute Gasteiger partial charge is 0.128 e. The molecule has 0 aliphatic heterocycles. The molecular formula is C16H15N3O. The second kappa shape index (κ2) is 5.09. The normalized spacial score (nSPS) is 10.4. The van der Waals surface area contributed by atoms with Crippen molar-refractivity contribution in [3.63, 3.8) is 0 Å². The fourth-order valence-corrected chi connectivity index (χ4v) is 2.15. The zero-order valence-electron chi connectivity index (χ0n) is 11.1. The molecule has 20 heavy (non-hydrogen) atoms. The highest BCUT2D eigenvalue weighted by atomic mass is 16.5. The molecule has 0 radical (unpaired) electrons. The van der Waals surface area contributed by atoms with Crippen LogP contribution in [0, 0.1) is 0 Å². The maximum atomic E-state index is 5.93. The Morgan fingerprint density at radius 3 is 2.60 bits per heavy atom. The van der Waals surface area contributed by atoms with Gasteiger partial charge in [-0.25, -0.2) is 0 Å². The molecule has 3 N–H and O–H groups in total. The van der Waals surface area contributed by atoms with Crippen LogP contribution < -0.4 is 15.8 Å². The lowest BCUT2D eigenvalue weighted by atomic mass is 10.1. The van der Waals surface area contributed by atoms with Crippen molar-refractivity contribution in [3.8, 4) is 11.5 Å². The zero-order valence-corrected chi connectivity index (χ0v) is 11.1. The molecule has 0 amide bonds. The van der Waals surface area contributed by atoms with Gasteiger partial charge in [0.25, 0.3) is 0 Å². The highest BCUT2D eigenvalue weighted by molar-refractivity contribution is 5.97. The maximum absolute atomic E-state index is 5.93. The molecule has 0 aliphatic rings. The van der Waals surface area contributed by atoms with Crippen molar-refractivity contribution in [1.29, 1.82) is 0 Å². The molecule has 3 aromatic rings. The minimum absolute atomic E-state index is 0.622. The van der Waals surface area contributed by atoms with Gasteiger partial charge < -0.3 is 15.8 Å². The molecule has 0 aliphatic carbocycles. The molecule has 1 heterocycles. The number of ether oxygens (including phenoxy) is 1. The Hall–Kier alpha value is -2.75. The number of para-hydroxylation sites is 1. The van der Waals surface area contributed by atoms with E-state index in [9.17, 15) is 0 Å². The van der Waals surface area contributed by atoms with Crippen molar-refractivity contribution in [3.05, 3.63) is 54.7 Å². The lowest BCUT2D eigenvalue weighted by Crippen LogP contribution is -1.98. The number of benzene rings is 2. The molecule has 0 saturated heterocycles. The molecule has 0 saturated carbocycles. The van der Waals surface area contributed by atoms with E-state index >= 15 is 0 Å². The predicted octanol–water partition coefficient (Wildman–Crippen LogP) is 3.65. The topological polar surface area (TPSA) is 60.2 Å². The minimum Gasteiger partial charge on any atom is -0.457 e. The molecule has 4 heteroatoms. The molecule has 100 valence electrons. The van der Waals surface area contributed by atoms with Gasteiger partial charge in [0.05, 0.1) is 23.1 Å². The van der Waals surface area contributed by atoms with Crippen molar-refractivity contribution >= 4 is 22.3 Å². The Labute approximate surface area is 117 Å². The van der Waals surface area contributed by atoms with Crippen LogP contribution in [0.25, 0.3) is 10.9 Å². The Balaban J connectivity index is 2.05. The van der Waals surface area contributed by atoms with Crippen LogP contribution >= 0.6 is 0 Å². The Bertz CT molecular complexity index is 741.